The van der Waals surface area contributed by atoms with Crippen molar-refractivity contribution in [2.75, 3.05) is 37.4 Å². The number of ether oxygens (including phenoxy) is 1. The molecule has 0 aliphatic carbocycles. The SMILES string of the molecule is COc1cc(N)c(Cl)cc1C(=O)NCCC1CSCCN1. The van der Waals surface area contributed by atoms with Crippen LogP contribution in [0.1, 0.15) is 16.8 Å². The molecule has 116 valence electrons. The molecule has 0 radical (unpaired) electrons. The van der Waals surface area contributed by atoms with E-state index in [1.54, 1.807) is 12.1 Å². The molecule has 1 aliphatic heterocycles. The smallest absolute Gasteiger partial charge is 0.255 e. The van der Waals surface area contributed by atoms with Crippen LogP contribution in [0.3, 0.4) is 0 Å². The number of halogens is 1. The normalized spacial score (nSPS) is 18.3. The van der Waals surface area contributed by atoms with Gasteiger partial charge in [0.2, 0.25) is 0 Å². The maximum absolute atomic E-state index is 12.2. The minimum atomic E-state index is -0.197. The van der Waals surface area contributed by atoms with Crippen LogP contribution in [0.4, 0.5) is 5.69 Å². The molecular formula is C14H20ClN3O2S. The highest BCUT2D eigenvalue weighted by atomic mass is 35.5. The van der Waals surface area contributed by atoms with Crippen LogP contribution >= 0.6 is 23.4 Å². The number of anilines is 1. The van der Waals surface area contributed by atoms with Crippen LogP contribution in [0, 0.1) is 0 Å². The lowest BCUT2D eigenvalue weighted by Crippen LogP contribution is -2.40. The van der Waals surface area contributed by atoms with E-state index in [0.29, 0.717) is 34.6 Å². The molecule has 1 aliphatic rings. The zero-order valence-corrected chi connectivity index (χ0v) is 13.5. The van der Waals surface area contributed by atoms with E-state index in [0.717, 1.165) is 24.5 Å². The van der Waals surface area contributed by atoms with Gasteiger partial charge in [-0.3, -0.25) is 4.79 Å². The molecule has 1 aromatic carbocycles. The lowest BCUT2D eigenvalue weighted by atomic mass is 10.1. The van der Waals surface area contributed by atoms with E-state index in [2.05, 4.69) is 10.6 Å². The van der Waals surface area contributed by atoms with Gasteiger partial charge in [0.05, 0.1) is 23.4 Å². The van der Waals surface area contributed by atoms with Gasteiger partial charge in [-0.25, -0.2) is 0 Å². The Morgan fingerprint density at radius 2 is 2.43 bits per heavy atom. The Kier molecular flexibility index (Phi) is 6.02. The molecule has 5 nitrogen and oxygen atoms in total. The maximum Gasteiger partial charge on any atom is 0.255 e. The van der Waals surface area contributed by atoms with Crippen molar-refractivity contribution < 1.29 is 9.53 Å². The number of rotatable bonds is 5. The molecular weight excluding hydrogens is 310 g/mol. The summed E-state index contributed by atoms with van der Waals surface area (Å²) in [5, 5.41) is 6.69. The van der Waals surface area contributed by atoms with Gasteiger partial charge in [-0.1, -0.05) is 11.6 Å². The fourth-order valence-corrected chi connectivity index (χ4v) is 3.34. The second-order valence-electron chi connectivity index (χ2n) is 4.84. The summed E-state index contributed by atoms with van der Waals surface area (Å²) in [4.78, 5) is 12.2. The molecule has 0 aromatic heterocycles. The largest absolute Gasteiger partial charge is 0.496 e. The van der Waals surface area contributed by atoms with Crippen molar-refractivity contribution in [1.82, 2.24) is 10.6 Å². The van der Waals surface area contributed by atoms with Crippen molar-refractivity contribution >= 4 is 35.0 Å². The third-order valence-electron chi connectivity index (χ3n) is 3.34. The van der Waals surface area contributed by atoms with Crippen molar-refractivity contribution in [2.24, 2.45) is 0 Å². The predicted molar refractivity (Wildman–Crippen MR) is 88.5 cm³/mol. The number of amides is 1. The Bertz CT molecular complexity index is 507. The fourth-order valence-electron chi connectivity index (χ4n) is 2.18. The molecule has 4 N–H and O–H groups in total. The number of nitrogens with one attached hydrogen (secondary N) is 2. The Balaban J connectivity index is 1.92. The number of methoxy groups -OCH3 is 1. The van der Waals surface area contributed by atoms with E-state index in [-0.39, 0.29) is 5.91 Å². The van der Waals surface area contributed by atoms with Gasteiger partial charge >= 0.3 is 0 Å². The molecule has 0 spiro atoms. The highest BCUT2D eigenvalue weighted by molar-refractivity contribution is 7.99. The Morgan fingerprint density at radius 1 is 1.62 bits per heavy atom. The van der Waals surface area contributed by atoms with Crippen molar-refractivity contribution in [2.45, 2.75) is 12.5 Å². The maximum atomic E-state index is 12.2. The predicted octanol–water partition coefficient (Wildman–Crippen LogP) is 1.76. The Hall–Kier alpha value is -1.11. The zero-order chi connectivity index (χ0) is 15.2. The van der Waals surface area contributed by atoms with Crippen LogP contribution in [-0.2, 0) is 0 Å². The second-order valence-corrected chi connectivity index (χ2v) is 6.40. The molecule has 1 fully saturated rings. The number of carbonyl (C=O) groups is 1. The standard InChI is InChI=1S/C14H20ClN3O2S/c1-20-13-7-12(16)11(15)6-10(13)14(19)18-3-2-9-8-21-5-4-17-9/h6-7,9,17H,2-5,8,16H2,1H3,(H,18,19). The summed E-state index contributed by atoms with van der Waals surface area (Å²) in [6.07, 6.45) is 0.907. The third kappa shape index (κ3) is 4.43. The second kappa shape index (κ2) is 7.77. The molecule has 2 rings (SSSR count). The summed E-state index contributed by atoms with van der Waals surface area (Å²) < 4.78 is 5.18. The zero-order valence-electron chi connectivity index (χ0n) is 11.9. The lowest BCUT2D eigenvalue weighted by molar-refractivity contribution is 0.0949. The summed E-state index contributed by atoms with van der Waals surface area (Å²) in [5.74, 6) is 2.48. The minimum absolute atomic E-state index is 0.197. The monoisotopic (exact) mass is 329 g/mol. The van der Waals surface area contributed by atoms with Gasteiger partial charge in [0.15, 0.2) is 0 Å². The van der Waals surface area contributed by atoms with Gasteiger partial charge in [0.1, 0.15) is 5.75 Å². The number of benzene rings is 1. The first-order valence-electron chi connectivity index (χ1n) is 6.84. The Morgan fingerprint density at radius 3 is 3.10 bits per heavy atom. The van der Waals surface area contributed by atoms with Gasteiger partial charge in [-0.2, -0.15) is 11.8 Å². The van der Waals surface area contributed by atoms with Gasteiger partial charge in [0, 0.05) is 36.7 Å². The van der Waals surface area contributed by atoms with Gasteiger partial charge in [-0.15, -0.1) is 0 Å². The molecule has 7 heteroatoms. The van der Waals surface area contributed by atoms with Crippen molar-refractivity contribution in [1.29, 1.82) is 0 Å². The average Bonchev–Trinajstić information content (AvgIpc) is 2.50. The van der Waals surface area contributed by atoms with E-state index in [9.17, 15) is 4.79 Å². The van der Waals surface area contributed by atoms with Crippen LogP contribution < -0.4 is 21.1 Å². The molecule has 1 aromatic rings. The summed E-state index contributed by atoms with van der Waals surface area (Å²) in [5.41, 5.74) is 6.51. The number of hydrogen-bond acceptors (Lipinski definition) is 5. The molecule has 1 amide bonds. The van der Waals surface area contributed by atoms with Gasteiger partial charge < -0.3 is 21.1 Å². The van der Waals surface area contributed by atoms with Crippen LogP contribution in [0.5, 0.6) is 5.75 Å². The molecule has 0 bridgehead atoms. The topological polar surface area (TPSA) is 76.4 Å². The van der Waals surface area contributed by atoms with Crippen molar-refractivity contribution in [3.8, 4) is 5.75 Å². The first kappa shape index (κ1) is 16.3. The summed E-state index contributed by atoms with van der Waals surface area (Å²) in [6, 6.07) is 3.57. The average molecular weight is 330 g/mol. The molecule has 1 atom stereocenters. The number of thioether (sulfide) groups is 1. The van der Waals surface area contributed by atoms with Gasteiger partial charge in [-0.05, 0) is 12.5 Å². The molecule has 21 heavy (non-hydrogen) atoms. The fraction of sp³-hybridized carbons (Fsp3) is 0.500. The van der Waals surface area contributed by atoms with E-state index in [1.807, 2.05) is 11.8 Å². The highest BCUT2D eigenvalue weighted by Gasteiger charge is 2.16. The highest BCUT2D eigenvalue weighted by Crippen LogP contribution is 2.28. The van der Waals surface area contributed by atoms with Crippen LogP contribution in [-0.4, -0.2) is 43.7 Å². The summed E-state index contributed by atoms with van der Waals surface area (Å²) >= 11 is 7.91. The molecule has 1 saturated heterocycles. The number of nitrogen functional groups attached to an aromatic ring is 1. The summed E-state index contributed by atoms with van der Waals surface area (Å²) in [6.45, 7) is 1.65. The third-order valence-corrected chi connectivity index (χ3v) is 4.80. The number of carbonyl (C=O) groups excluding carboxylic acids is 1. The molecule has 0 saturated carbocycles. The van der Waals surface area contributed by atoms with Gasteiger partial charge in [0.25, 0.3) is 5.91 Å². The van der Waals surface area contributed by atoms with E-state index < -0.39 is 0 Å². The first-order valence-corrected chi connectivity index (χ1v) is 8.37. The molecule has 1 unspecified atom stereocenters. The van der Waals surface area contributed by atoms with Crippen LogP contribution in [0.25, 0.3) is 0 Å². The van der Waals surface area contributed by atoms with Crippen LogP contribution in [0.15, 0.2) is 12.1 Å². The Labute approximate surface area is 133 Å². The van der Waals surface area contributed by atoms with Crippen molar-refractivity contribution in [3.05, 3.63) is 22.7 Å². The van der Waals surface area contributed by atoms with Crippen LogP contribution in [0.2, 0.25) is 5.02 Å². The summed E-state index contributed by atoms with van der Waals surface area (Å²) in [7, 11) is 1.50. The van der Waals surface area contributed by atoms with E-state index in [1.165, 1.54) is 7.11 Å². The first-order chi connectivity index (χ1) is 10.1. The van der Waals surface area contributed by atoms with E-state index >= 15 is 0 Å². The minimum Gasteiger partial charge on any atom is -0.496 e. The number of nitrogens with two attached hydrogens (primary N) is 1. The lowest BCUT2D eigenvalue weighted by Gasteiger charge is -2.23. The molecule has 1 heterocycles. The quantitative estimate of drug-likeness (QED) is 0.718. The number of hydrogen-bond donors (Lipinski definition) is 3. The van der Waals surface area contributed by atoms with E-state index in [4.69, 9.17) is 22.1 Å². The van der Waals surface area contributed by atoms with Crippen molar-refractivity contribution in [3.63, 3.8) is 0 Å².